The van der Waals surface area contributed by atoms with Crippen LogP contribution in [0.5, 0.6) is 0 Å². The molecule has 0 radical (unpaired) electrons. The van der Waals surface area contributed by atoms with Gasteiger partial charge in [-0.15, -0.1) is 12.4 Å². The number of nitrogens with zero attached hydrogens (tertiary/aromatic N) is 4. The van der Waals surface area contributed by atoms with Gasteiger partial charge in [0.1, 0.15) is 5.82 Å². The number of fused-ring (bicyclic) bond motifs is 1. The van der Waals surface area contributed by atoms with Gasteiger partial charge in [-0.05, 0) is 62.9 Å². The second-order valence-corrected chi connectivity index (χ2v) is 8.51. The SMILES string of the molecule is Cc1cnc(Nc2ccc(N3CCN(C)CC3)cc2)nc1Nc1ccc(C)c2[nH]ccc12.Cl. The Morgan fingerprint density at radius 3 is 2.39 bits per heavy atom. The minimum Gasteiger partial charge on any atom is -0.369 e. The van der Waals surface area contributed by atoms with E-state index in [0.29, 0.717) is 5.95 Å². The molecule has 3 N–H and O–H groups in total. The first-order valence-corrected chi connectivity index (χ1v) is 11.0. The maximum atomic E-state index is 4.74. The lowest BCUT2D eigenvalue weighted by Gasteiger charge is -2.34. The van der Waals surface area contributed by atoms with E-state index in [1.807, 2.05) is 19.3 Å². The first-order valence-electron chi connectivity index (χ1n) is 11.0. The number of aromatic nitrogens is 3. The molecule has 1 saturated heterocycles. The zero-order valence-electron chi connectivity index (χ0n) is 19.2. The molecule has 33 heavy (non-hydrogen) atoms. The molecule has 1 aliphatic heterocycles. The van der Waals surface area contributed by atoms with Gasteiger partial charge in [-0.2, -0.15) is 4.98 Å². The van der Waals surface area contributed by atoms with Crippen LogP contribution in [0.25, 0.3) is 10.9 Å². The van der Waals surface area contributed by atoms with Crippen molar-refractivity contribution in [1.29, 1.82) is 0 Å². The minimum absolute atomic E-state index is 0. The Morgan fingerprint density at radius 1 is 0.879 bits per heavy atom. The monoisotopic (exact) mass is 463 g/mol. The Kier molecular flexibility index (Phi) is 6.72. The number of hydrogen-bond donors (Lipinski definition) is 3. The third-order valence-corrected chi connectivity index (χ3v) is 6.15. The van der Waals surface area contributed by atoms with Crippen molar-refractivity contribution in [3.63, 3.8) is 0 Å². The molecule has 3 heterocycles. The van der Waals surface area contributed by atoms with Crippen molar-refractivity contribution >= 4 is 52.1 Å². The van der Waals surface area contributed by atoms with E-state index in [2.05, 4.69) is 86.8 Å². The number of piperazine rings is 1. The lowest BCUT2D eigenvalue weighted by Crippen LogP contribution is -2.44. The molecule has 0 unspecified atom stereocenters. The van der Waals surface area contributed by atoms with Gasteiger partial charge in [0, 0.05) is 66.6 Å². The van der Waals surface area contributed by atoms with Crippen LogP contribution in [0, 0.1) is 13.8 Å². The Balaban J connectivity index is 0.00000259. The standard InChI is InChI=1S/C25H29N7.ClH/c1-17-4-9-22(21-10-11-26-23(17)21)29-24-18(2)16-27-25(30-24)28-19-5-7-20(8-6-19)32-14-12-31(3)13-15-32;/h4-11,16,26H,12-15H2,1-3H3,(H2,27,28,29,30);1H. The Labute approximate surface area is 200 Å². The summed E-state index contributed by atoms with van der Waals surface area (Å²) < 4.78 is 0. The zero-order valence-corrected chi connectivity index (χ0v) is 20.0. The number of H-pyrrole nitrogens is 1. The fourth-order valence-electron chi connectivity index (χ4n) is 4.12. The van der Waals surface area contributed by atoms with E-state index in [9.17, 15) is 0 Å². The molecule has 5 rings (SSSR count). The molecule has 8 heteroatoms. The molecule has 0 spiro atoms. The minimum atomic E-state index is 0. The van der Waals surface area contributed by atoms with Gasteiger partial charge in [0.15, 0.2) is 0 Å². The number of hydrogen-bond acceptors (Lipinski definition) is 6. The number of halogens is 1. The summed E-state index contributed by atoms with van der Waals surface area (Å²) in [5.41, 5.74) is 6.60. The van der Waals surface area contributed by atoms with E-state index in [4.69, 9.17) is 4.98 Å². The normalized spacial score (nSPS) is 14.2. The average Bonchev–Trinajstić information content (AvgIpc) is 3.30. The summed E-state index contributed by atoms with van der Waals surface area (Å²) in [4.78, 5) is 17.3. The first-order chi connectivity index (χ1) is 15.6. The number of likely N-dealkylation sites (N-methyl/N-ethyl adjacent to an activating group) is 1. The van der Waals surface area contributed by atoms with Crippen LogP contribution in [-0.4, -0.2) is 53.1 Å². The van der Waals surface area contributed by atoms with E-state index in [0.717, 1.165) is 59.8 Å². The van der Waals surface area contributed by atoms with E-state index >= 15 is 0 Å². The van der Waals surface area contributed by atoms with Crippen LogP contribution < -0.4 is 15.5 Å². The van der Waals surface area contributed by atoms with Gasteiger partial charge in [-0.1, -0.05) is 6.07 Å². The maximum absolute atomic E-state index is 4.74. The second kappa shape index (κ2) is 9.68. The second-order valence-electron chi connectivity index (χ2n) is 8.51. The van der Waals surface area contributed by atoms with Crippen molar-refractivity contribution in [3.05, 3.63) is 66.0 Å². The average molecular weight is 464 g/mol. The van der Waals surface area contributed by atoms with Gasteiger partial charge < -0.3 is 25.4 Å². The van der Waals surface area contributed by atoms with Crippen molar-refractivity contribution in [2.75, 3.05) is 48.8 Å². The fraction of sp³-hybridized carbons (Fsp3) is 0.280. The number of aryl methyl sites for hydroxylation is 2. The molecule has 0 bridgehead atoms. The lowest BCUT2D eigenvalue weighted by atomic mass is 10.1. The Bertz CT molecular complexity index is 1230. The van der Waals surface area contributed by atoms with E-state index in [1.165, 1.54) is 11.3 Å². The van der Waals surface area contributed by atoms with Crippen molar-refractivity contribution in [1.82, 2.24) is 19.9 Å². The lowest BCUT2D eigenvalue weighted by molar-refractivity contribution is 0.313. The molecule has 0 saturated carbocycles. The van der Waals surface area contributed by atoms with Crippen LogP contribution in [0.4, 0.5) is 28.8 Å². The summed E-state index contributed by atoms with van der Waals surface area (Å²) >= 11 is 0. The van der Waals surface area contributed by atoms with Crippen LogP contribution >= 0.6 is 12.4 Å². The Hall–Kier alpha value is -3.29. The molecule has 2 aromatic carbocycles. The largest absolute Gasteiger partial charge is 0.369 e. The zero-order chi connectivity index (χ0) is 22.1. The first kappa shape index (κ1) is 22.9. The highest BCUT2D eigenvalue weighted by atomic mass is 35.5. The summed E-state index contributed by atoms with van der Waals surface area (Å²) in [7, 11) is 2.18. The van der Waals surface area contributed by atoms with Gasteiger partial charge in [0.25, 0.3) is 0 Å². The van der Waals surface area contributed by atoms with Crippen molar-refractivity contribution < 1.29 is 0 Å². The quantitative estimate of drug-likeness (QED) is 0.376. The fourth-order valence-corrected chi connectivity index (χ4v) is 4.12. The van der Waals surface area contributed by atoms with Gasteiger partial charge in [0.05, 0.1) is 5.52 Å². The predicted octanol–water partition coefficient (Wildman–Crippen LogP) is 5.24. The maximum Gasteiger partial charge on any atom is 0.229 e. The molecule has 1 aliphatic rings. The van der Waals surface area contributed by atoms with Crippen LogP contribution in [0.15, 0.2) is 54.9 Å². The highest BCUT2D eigenvalue weighted by Gasteiger charge is 2.14. The van der Waals surface area contributed by atoms with Crippen molar-refractivity contribution in [2.45, 2.75) is 13.8 Å². The van der Waals surface area contributed by atoms with Crippen LogP contribution in [0.3, 0.4) is 0 Å². The summed E-state index contributed by atoms with van der Waals surface area (Å²) in [6.07, 6.45) is 3.81. The molecule has 1 fully saturated rings. The molecular formula is C25H30ClN7. The van der Waals surface area contributed by atoms with Gasteiger partial charge in [-0.3, -0.25) is 0 Å². The number of benzene rings is 2. The molecule has 0 atom stereocenters. The van der Waals surface area contributed by atoms with Gasteiger partial charge in [-0.25, -0.2) is 4.98 Å². The third-order valence-electron chi connectivity index (χ3n) is 6.15. The van der Waals surface area contributed by atoms with Crippen LogP contribution in [0.2, 0.25) is 0 Å². The third kappa shape index (κ3) is 4.89. The molecule has 172 valence electrons. The van der Waals surface area contributed by atoms with Gasteiger partial charge >= 0.3 is 0 Å². The molecular weight excluding hydrogens is 434 g/mol. The molecule has 4 aromatic rings. The number of nitrogens with one attached hydrogen (secondary N) is 3. The topological polar surface area (TPSA) is 72.1 Å². The number of rotatable bonds is 5. The predicted molar refractivity (Wildman–Crippen MR) is 140 cm³/mol. The Morgan fingerprint density at radius 2 is 1.64 bits per heavy atom. The van der Waals surface area contributed by atoms with E-state index in [-0.39, 0.29) is 12.4 Å². The van der Waals surface area contributed by atoms with Crippen molar-refractivity contribution in [2.24, 2.45) is 0 Å². The van der Waals surface area contributed by atoms with E-state index in [1.54, 1.807) is 0 Å². The molecule has 0 amide bonds. The highest BCUT2D eigenvalue weighted by Crippen LogP contribution is 2.29. The smallest absolute Gasteiger partial charge is 0.229 e. The van der Waals surface area contributed by atoms with Crippen LogP contribution in [-0.2, 0) is 0 Å². The van der Waals surface area contributed by atoms with Crippen LogP contribution in [0.1, 0.15) is 11.1 Å². The summed E-state index contributed by atoms with van der Waals surface area (Å²) in [6, 6.07) is 14.8. The van der Waals surface area contributed by atoms with E-state index < -0.39 is 0 Å². The number of anilines is 5. The summed E-state index contributed by atoms with van der Waals surface area (Å²) in [5.74, 6) is 1.37. The molecule has 0 aliphatic carbocycles. The van der Waals surface area contributed by atoms with Gasteiger partial charge in [0.2, 0.25) is 5.95 Å². The summed E-state index contributed by atoms with van der Waals surface area (Å²) in [6.45, 7) is 8.45. The number of aromatic amines is 1. The highest BCUT2D eigenvalue weighted by molar-refractivity contribution is 5.95. The summed E-state index contributed by atoms with van der Waals surface area (Å²) in [5, 5.41) is 7.98. The molecule has 7 nitrogen and oxygen atoms in total. The molecule has 2 aromatic heterocycles. The van der Waals surface area contributed by atoms with Crippen molar-refractivity contribution in [3.8, 4) is 0 Å².